The highest BCUT2D eigenvalue weighted by Crippen LogP contribution is 2.30. The summed E-state index contributed by atoms with van der Waals surface area (Å²) in [6.45, 7) is 0. The van der Waals surface area contributed by atoms with Gasteiger partial charge in [-0.25, -0.2) is 0 Å². The normalized spacial score (nSPS) is 9.87. The highest BCUT2D eigenvalue weighted by atomic mass is 127. The first-order valence-corrected chi connectivity index (χ1v) is 6.33. The summed E-state index contributed by atoms with van der Waals surface area (Å²) in [4.78, 5) is 11.1. The van der Waals surface area contributed by atoms with Gasteiger partial charge in [-0.3, -0.25) is 4.79 Å². The Balaban J connectivity index is 3.05. The van der Waals surface area contributed by atoms with Crippen LogP contribution in [0.5, 0.6) is 5.75 Å². The van der Waals surface area contributed by atoms with E-state index in [0.717, 1.165) is 18.5 Å². The Kier molecular flexibility index (Phi) is 5.10. The van der Waals surface area contributed by atoms with Crippen molar-refractivity contribution in [1.82, 2.24) is 0 Å². The van der Waals surface area contributed by atoms with E-state index in [9.17, 15) is 4.79 Å². The van der Waals surface area contributed by atoms with Crippen LogP contribution in [0.3, 0.4) is 0 Å². The van der Waals surface area contributed by atoms with E-state index in [1.165, 1.54) is 7.11 Å². The molecule has 1 rings (SSSR count). The van der Waals surface area contributed by atoms with Crippen LogP contribution in [-0.2, 0) is 16.0 Å². The van der Waals surface area contributed by atoms with E-state index in [1.54, 1.807) is 7.11 Å². The molecule has 15 heavy (non-hydrogen) atoms. The fourth-order valence-electron chi connectivity index (χ4n) is 1.12. The van der Waals surface area contributed by atoms with Crippen molar-refractivity contribution >= 4 is 51.2 Å². The zero-order valence-electron chi connectivity index (χ0n) is 8.34. The quantitative estimate of drug-likeness (QED) is 0.545. The number of carbonyl (C=O) groups excluding carboxylic acids is 1. The van der Waals surface area contributed by atoms with Gasteiger partial charge in [-0.15, -0.1) is 0 Å². The maximum Gasteiger partial charge on any atom is 0.310 e. The van der Waals surface area contributed by atoms with Crippen LogP contribution < -0.4 is 4.74 Å². The number of methoxy groups -OCH3 is 2. The number of rotatable bonds is 3. The van der Waals surface area contributed by atoms with Crippen LogP contribution in [0.25, 0.3) is 0 Å². The molecule has 3 nitrogen and oxygen atoms in total. The summed E-state index contributed by atoms with van der Waals surface area (Å²) >= 11 is 4.38. The van der Waals surface area contributed by atoms with Crippen molar-refractivity contribution in [3.05, 3.63) is 24.8 Å². The molecule has 1 aromatic rings. The lowest BCUT2D eigenvalue weighted by Crippen LogP contribution is -2.07. The molecule has 0 aliphatic carbocycles. The third-order valence-corrected chi connectivity index (χ3v) is 3.93. The maximum absolute atomic E-state index is 11.1. The van der Waals surface area contributed by atoms with Gasteiger partial charge in [-0.1, -0.05) is 6.07 Å². The molecule has 0 heterocycles. The van der Waals surface area contributed by atoms with Gasteiger partial charge in [0.05, 0.1) is 27.8 Å². The largest absolute Gasteiger partial charge is 0.495 e. The van der Waals surface area contributed by atoms with Crippen molar-refractivity contribution in [2.45, 2.75) is 6.42 Å². The number of esters is 1. The van der Waals surface area contributed by atoms with Gasteiger partial charge in [0, 0.05) is 0 Å². The summed E-state index contributed by atoms with van der Waals surface area (Å²) in [6.07, 6.45) is 0.280. The first-order chi connectivity index (χ1) is 7.10. The molecule has 0 aromatic heterocycles. The monoisotopic (exact) mass is 432 g/mol. The SMILES string of the molecule is COC(=O)Cc1ccc(I)c(OC)c1I. The maximum atomic E-state index is 11.1. The van der Waals surface area contributed by atoms with Crippen molar-refractivity contribution in [1.29, 1.82) is 0 Å². The molecule has 0 unspecified atom stereocenters. The molecule has 0 bridgehead atoms. The molecule has 0 radical (unpaired) electrons. The lowest BCUT2D eigenvalue weighted by molar-refractivity contribution is -0.139. The van der Waals surface area contributed by atoms with Gasteiger partial charge in [0.2, 0.25) is 0 Å². The van der Waals surface area contributed by atoms with Gasteiger partial charge in [0.1, 0.15) is 5.75 Å². The Hall–Kier alpha value is -0.0500. The summed E-state index contributed by atoms with van der Waals surface area (Å²) < 4.78 is 11.9. The van der Waals surface area contributed by atoms with Crippen molar-refractivity contribution in [3.63, 3.8) is 0 Å². The second kappa shape index (κ2) is 5.88. The third kappa shape index (κ3) is 3.20. The fourth-order valence-corrected chi connectivity index (χ4v) is 3.19. The van der Waals surface area contributed by atoms with Gasteiger partial charge in [-0.05, 0) is 56.8 Å². The zero-order valence-corrected chi connectivity index (χ0v) is 12.7. The van der Waals surface area contributed by atoms with E-state index in [0.29, 0.717) is 0 Å². The Morgan fingerprint density at radius 2 is 2.00 bits per heavy atom. The molecule has 0 spiro atoms. The Bertz CT molecular complexity index is 377. The average Bonchev–Trinajstić information content (AvgIpc) is 2.23. The third-order valence-electron chi connectivity index (χ3n) is 1.90. The van der Waals surface area contributed by atoms with Gasteiger partial charge in [0.25, 0.3) is 0 Å². The summed E-state index contributed by atoms with van der Waals surface area (Å²) in [5, 5.41) is 0. The number of hydrogen-bond acceptors (Lipinski definition) is 3. The van der Waals surface area contributed by atoms with Crippen molar-refractivity contribution in [2.24, 2.45) is 0 Å². The topological polar surface area (TPSA) is 35.5 Å². The Labute approximate surface area is 116 Å². The van der Waals surface area contributed by atoms with Gasteiger partial charge >= 0.3 is 5.97 Å². The minimum Gasteiger partial charge on any atom is -0.495 e. The van der Waals surface area contributed by atoms with Gasteiger partial charge < -0.3 is 9.47 Å². The zero-order chi connectivity index (χ0) is 11.4. The van der Waals surface area contributed by atoms with Crippen molar-refractivity contribution in [3.8, 4) is 5.75 Å². The predicted molar refractivity (Wildman–Crippen MR) is 74.1 cm³/mol. The molecule has 0 N–H and O–H groups in total. The number of ether oxygens (including phenoxy) is 2. The molecule has 0 aliphatic rings. The molecule has 0 aliphatic heterocycles. The second-order valence-corrected chi connectivity index (χ2v) is 5.05. The van der Waals surface area contributed by atoms with E-state index >= 15 is 0 Å². The standard InChI is InChI=1S/C10H10I2O3/c1-14-8(13)5-6-3-4-7(11)10(15-2)9(6)12/h3-4H,5H2,1-2H3. The molecular formula is C10H10I2O3. The highest BCUT2D eigenvalue weighted by Gasteiger charge is 2.13. The molecule has 0 saturated heterocycles. The molecule has 1 aromatic carbocycles. The molecule has 0 fully saturated rings. The highest BCUT2D eigenvalue weighted by molar-refractivity contribution is 14.1. The Morgan fingerprint density at radius 3 is 2.53 bits per heavy atom. The van der Waals surface area contributed by atoms with Gasteiger partial charge in [-0.2, -0.15) is 0 Å². The Morgan fingerprint density at radius 1 is 1.33 bits per heavy atom. The average molecular weight is 432 g/mol. The fraction of sp³-hybridized carbons (Fsp3) is 0.300. The first kappa shape index (κ1) is 13.0. The molecule has 0 amide bonds. The minimum absolute atomic E-state index is 0.240. The van der Waals surface area contributed by atoms with E-state index in [2.05, 4.69) is 49.9 Å². The molecule has 0 atom stereocenters. The summed E-state index contributed by atoms with van der Waals surface area (Å²) in [6, 6.07) is 3.85. The second-order valence-electron chi connectivity index (χ2n) is 2.81. The molecule has 0 saturated carbocycles. The van der Waals surface area contributed by atoms with Crippen LogP contribution in [0.15, 0.2) is 12.1 Å². The van der Waals surface area contributed by atoms with E-state index < -0.39 is 0 Å². The lowest BCUT2D eigenvalue weighted by atomic mass is 10.1. The van der Waals surface area contributed by atoms with Crippen LogP contribution in [0.1, 0.15) is 5.56 Å². The van der Waals surface area contributed by atoms with Crippen LogP contribution in [0, 0.1) is 7.14 Å². The summed E-state index contributed by atoms with van der Waals surface area (Å²) in [7, 11) is 3.01. The van der Waals surface area contributed by atoms with Crippen molar-refractivity contribution < 1.29 is 14.3 Å². The smallest absolute Gasteiger partial charge is 0.310 e. The van der Waals surface area contributed by atoms with Crippen molar-refractivity contribution in [2.75, 3.05) is 14.2 Å². The van der Waals surface area contributed by atoms with E-state index in [-0.39, 0.29) is 12.4 Å². The van der Waals surface area contributed by atoms with Gasteiger partial charge in [0.15, 0.2) is 0 Å². The number of hydrogen-bond donors (Lipinski definition) is 0. The van der Waals surface area contributed by atoms with E-state index in [1.807, 2.05) is 12.1 Å². The predicted octanol–water partition coefficient (Wildman–Crippen LogP) is 2.62. The van der Waals surface area contributed by atoms with Crippen LogP contribution in [0.2, 0.25) is 0 Å². The first-order valence-electron chi connectivity index (χ1n) is 4.17. The number of carbonyl (C=O) groups is 1. The molecular weight excluding hydrogens is 422 g/mol. The minimum atomic E-state index is -0.240. The van der Waals surface area contributed by atoms with E-state index in [4.69, 9.17) is 4.74 Å². The summed E-state index contributed by atoms with van der Waals surface area (Å²) in [5.41, 5.74) is 0.930. The van der Waals surface area contributed by atoms with Crippen LogP contribution >= 0.6 is 45.2 Å². The molecule has 5 heteroatoms. The van der Waals surface area contributed by atoms with Crippen LogP contribution in [0.4, 0.5) is 0 Å². The number of benzene rings is 1. The van der Waals surface area contributed by atoms with Crippen LogP contribution in [-0.4, -0.2) is 20.2 Å². The summed E-state index contributed by atoms with van der Waals surface area (Å²) in [5.74, 6) is 0.578. The molecule has 82 valence electrons. The lowest BCUT2D eigenvalue weighted by Gasteiger charge is -2.10. The number of halogens is 2.